The summed E-state index contributed by atoms with van der Waals surface area (Å²) in [6.45, 7) is 3.53. The van der Waals surface area contributed by atoms with Crippen molar-refractivity contribution in [1.29, 1.82) is 0 Å². The fourth-order valence-electron chi connectivity index (χ4n) is 3.07. The van der Waals surface area contributed by atoms with Gasteiger partial charge in [0.05, 0.1) is 23.7 Å². The van der Waals surface area contributed by atoms with Crippen molar-refractivity contribution in [2.75, 3.05) is 26.3 Å². The highest BCUT2D eigenvalue weighted by atomic mass is 35.5. The Balaban J connectivity index is 1.73. The molecule has 5 nitrogen and oxygen atoms in total. The highest BCUT2D eigenvalue weighted by molar-refractivity contribution is 7.89. The molecular weight excluding hydrogens is 429 g/mol. The summed E-state index contributed by atoms with van der Waals surface area (Å²) in [5.74, 6) is 0. The van der Waals surface area contributed by atoms with E-state index in [0.29, 0.717) is 31.4 Å². The Bertz CT molecular complexity index is 961. The second-order valence-corrected chi connectivity index (χ2v) is 8.84. The Labute approximate surface area is 172 Å². The third-order valence-corrected chi connectivity index (χ3v) is 6.20. The van der Waals surface area contributed by atoms with E-state index in [-0.39, 0.29) is 11.6 Å². The Morgan fingerprint density at radius 1 is 1.07 bits per heavy atom. The lowest BCUT2D eigenvalue weighted by Crippen LogP contribution is -2.35. The van der Waals surface area contributed by atoms with Crippen molar-refractivity contribution >= 4 is 21.6 Å². The molecule has 2 aromatic carbocycles. The number of ether oxygens (including phenoxy) is 1. The standard InChI is InChI=1S/C19H20ClF3N2O3S/c20-16-4-5-18(17(11-16)19(21,22)23)29(26,27)24-12-14-2-1-3-15(10-14)13-25-6-8-28-9-7-25/h1-5,10-11,24H,6-9,12-13H2. The van der Waals surface area contributed by atoms with E-state index in [2.05, 4.69) is 9.62 Å². The number of hydrogen-bond acceptors (Lipinski definition) is 4. The van der Waals surface area contributed by atoms with E-state index in [1.807, 2.05) is 12.1 Å². The Morgan fingerprint density at radius 3 is 2.45 bits per heavy atom. The molecule has 1 aliphatic rings. The zero-order chi connectivity index (χ0) is 21.1. The molecule has 0 atom stereocenters. The predicted molar refractivity (Wildman–Crippen MR) is 103 cm³/mol. The van der Waals surface area contributed by atoms with E-state index in [4.69, 9.17) is 16.3 Å². The van der Waals surface area contributed by atoms with Crippen molar-refractivity contribution in [3.05, 3.63) is 64.2 Å². The van der Waals surface area contributed by atoms with Gasteiger partial charge in [-0.15, -0.1) is 0 Å². The molecule has 1 heterocycles. The fraction of sp³-hybridized carbons (Fsp3) is 0.368. The highest BCUT2D eigenvalue weighted by Crippen LogP contribution is 2.35. The SMILES string of the molecule is O=S(=O)(NCc1cccc(CN2CCOCC2)c1)c1ccc(Cl)cc1C(F)(F)F. The minimum atomic E-state index is -4.84. The van der Waals surface area contributed by atoms with Crippen LogP contribution in [0.4, 0.5) is 13.2 Å². The molecule has 1 saturated heterocycles. The van der Waals surface area contributed by atoms with Crippen LogP contribution in [0.3, 0.4) is 0 Å². The summed E-state index contributed by atoms with van der Waals surface area (Å²) in [4.78, 5) is 1.37. The van der Waals surface area contributed by atoms with Gasteiger partial charge in [0, 0.05) is 31.2 Å². The molecule has 0 bridgehead atoms. The number of nitrogens with one attached hydrogen (secondary N) is 1. The summed E-state index contributed by atoms with van der Waals surface area (Å²) in [5, 5.41) is -0.188. The van der Waals surface area contributed by atoms with Gasteiger partial charge in [0.25, 0.3) is 0 Å². The molecule has 2 aromatic rings. The zero-order valence-electron chi connectivity index (χ0n) is 15.4. The van der Waals surface area contributed by atoms with Crippen LogP contribution in [-0.4, -0.2) is 39.6 Å². The second kappa shape index (κ2) is 9.01. The zero-order valence-corrected chi connectivity index (χ0v) is 16.9. The first-order chi connectivity index (χ1) is 13.6. The van der Waals surface area contributed by atoms with E-state index < -0.39 is 26.7 Å². The molecule has 10 heteroatoms. The quantitative estimate of drug-likeness (QED) is 0.732. The Hall–Kier alpha value is -1.65. The molecule has 0 amide bonds. The predicted octanol–water partition coefficient (Wildman–Crippen LogP) is 3.67. The van der Waals surface area contributed by atoms with Crippen LogP contribution in [0.25, 0.3) is 0 Å². The molecule has 1 aliphatic heterocycles. The van der Waals surface area contributed by atoms with Crippen LogP contribution in [0, 0.1) is 0 Å². The summed E-state index contributed by atoms with van der Waals surface area (Å²) in [5.41, 5.74) is 0.353. The van der Waals surface area contributed by atoms with Gasteiger partial charge in [-0.2, -0.15) is 13.2 Å². The second-order valence-electron chi connectivity index (χ2n) is 6.67. The maximum atomic E-state index is 13.2. The van der Waals surface area contributed by atoms with Crippen molar-refractivity contribution in [3.8, 4) is 0 Å². The van der Waals surface area contributed by atoms with E-state index >= 15 is 0 Å². The average Bonchev–Trinajstić information content (AvgIpc) is 2.67. The number of alkyl halides is 3. The number of benzene rings is 2. The lowest BCUT2D eigenvalue weighted by atomic mass is 10.1. The maximum absolute atomic E-state index is 13.2. The molecule has 3 rings (SSSR count). The first-order valence-electron chi connectivity index (χ1n) is 8.89. The van der Waals surface area contributed by atoms with E-state index in [9.17, 15) is 21.6 Å². The Morgan fingerprint density at radius 2 is 1.76 bits per heavy atom. The van der Waals surface area contributed by atoms with Gasteiger partial charge in [-0.05, 0) is 29.3 Å². The van der Waals surface area contributed by atoms with Crippen molar-refractivity contribution < 1.29 is 26.3 Å². The summed E-state index contributed by atoms with van der Waals surface area (Å²) in [7, 11) is -4.38. The number of hydrogen-bond donors (Lipinski definition) is 1. The summed E-state index contributed by atoms with van der Waals surface area (Å²) >= 11 is 5.62. The normalized spacial score (nSPS) is 16.1. The lowest BCUT2D eigenvalue weighted by molar-refractivity contribution is -0.139. The average molecular weight is 449 g/mol. The van der Waals surface area contributed by atoms with Crippen LogP contribution in [0.1, 0.15) is 16.7 Å². The molecule has 0 aliphatic carbocycles. The first-order valence-corrected chi connectivity index (χ1v) is 10.8. The molecular formula is C19H20ClF3N2O3S. The fourth-order valence-corrected chi connectivity index (χ4v) is 4.47. The molecule has 1 N–H and O–H groups in total. The third-order valence-electron chi connectivity index (χ3n) is 4.50. The molecule has 0 radical (unpaired) electrons. The Kier molecular flexibility index (Phi) is 6.85. The number of nitrogens with zero attached hydrogens (tertiary/aromatic N) is 1. The molecule has 29 heavy (non-hydrogen) atoms. The summed E-state index contributed by atoms with van der Waals surface area (Å²) in [6, 6.07) is 9.87. The largest absolute Gasteiger partial charge is 0.417 e. The van der Waals surface area contributed by atoms with Gasteiger partial charge < -0.3 is 4.74 Å². The smallest absolute Gasteiger partial charge is 0.379 e. The number of rotatable bonds is 6. The molecule has 0 spiro atoms. The number of halogens is 4. The topological polar surface area (TPSA) is 58.6 Å². The summed E-state index contributed by atoms with van der Waals surface area (Å²) in [6.07, 6.45) is -4.84. The van der Waals surface area contributed by atoms with Crippen molar-refractivity contribution in [2.45, 2.75) is 24.2 Å². The van der Waals surface area contributed by atoms with Gasteiger partial charge in [-0.1, -0.05) is 35.9 Å². The molecule has 158 valence electrons. The van der Waals surface area contributed by atoms with E-state index in [1.165, 1.54) is 0 Å². The van der Waals surface area contributed by atoms with Gasteiger partial charge in [0.1, 0.15) is 0 Å². The molecule has 1 fully saturated rings. The van der Waals surface area contributed by atoms with Crippen LogP contribution in [0.15, 0.2) is 47.4 Å². The van der Waals surface area contributed by atoms with Crippen LogP contribution in [0.5, 0.6) is 0 Å². The minimum Gasteiger partial charge on any atom is -0.379 e. The first kappa shape index (κ1) is 22.0. The van der Waals surface area contributed by atoms with Crippen LogP contribution >= 0.6 is 11.6 Å². The van der Waals surface area contributed by atoms with E-state index in [0.717, 1.165) is 30.8 Å². The molecule has 0 unspecified atom stereocenters. The van der Waals surface area contributed by atoms with E-state index in [1.54, 1.807) is 12.1 Å². The third kappa shape index (κ3) is 5.93. The van der Waals surface area contributed by atoms with Gasteiger partial charge in [0.15, 0.2) is 0 Å². The molecule has 0 saturated carbocycles. The maximum Gasteiger partial charge on any atom is 0.417 e. The highest BCUT2D eigenvalue weighted by Gasteiger charge is 2.37. The van der Waals surface area contributed by atoms with Gasteiger partial charge in [-0.3, -0.25) is 4.90 Å². The minimum absolute atomic E-state index is 0.126. The summed E-state index contributed by atoms with van der Waals surface area (Å²) < 4.78 is 72.3. The van der Waals surface area contributed by atoms with Gasteiger partial charge in [0.2, 0.25) is 10.0 Å². The monoisotopic (exact) mass is 448 g/mol. The van der Waals surface area contributed by atoms with Crippen LogP contribution in [0.2, 0.25) is 5.02 Å². The van der Waals surface area contributed by atoms with Crippen molar-refractivity contribution in [1.82, 2.24) is 9.62 Å². The molecule has 0 aromatic heterocycles. The van der Waals surface area contributed by atoms with Gasteiger partial charge >= 0.3 is 6.18 Å². The number of morpholine rings is 1. The van der Waals surface area contributed by atoms with Gasteiger partial charge in [-0.25, -0.2) is 13.1 Å². The van der Waals surface area contributed by atoms with Crippen LogP contribution in [-0.2, 0) is 34.0 Å². The van der Waals surface area contributed by atoms with Crippen molar-refractivity contribution in [3.63, 3.8) is 0 Å². The number of sulfonamides is 1. The van der Waals surface area contributed by atoms with Crippen LogP contribution < -0.4 is 4.72 Å². The lowest BCUT2D eigenvalue weighted by Gasteiger charge is -2.26. The van der Waals surface area contributed by atoms with Crippen molar-refractivity contribution in [2.24, 2.45) is 0 Å².